The van der Waals surface area contributed by atoms with E-state index in [1.165, 1.54) is 12.5 Å². The zero-order chi connectivity index (χ0) is 8.23. The molecule has 0 bridgehead atoms. The van der Waals surface area contributed by atoms with Crippen molar-refractivity contribution in [1.82, 2.24) is 0 Å². The lowest BCUT2D eigenvalue weighted by Crippen LogP contribution is -2.02. The average Bonchev–Trinajstić information content (AvgIpc) is 2.21. The summed E-state index contributed by atoms with van der Waals surface area (Å²) in [6, 6.07) is 0. The Morgan fingerprint density at radius 2 is 1.33 bits per heavy atom. The highest BCUT2D eigenvalue weighted by Gasteiger charge is 2.07. The lowest BCUT2D eigenvalue weighted by atomic mass is 10.4. The fourth-order valence-corrected chi connectivity index (χ4v) is 0.803. The Morgan fingerprint density at radius 1 is 0.833 bits per heavy atom. The summed E-state index contributed by atoms with van der Waals surface area (Å²) >= 11 is 0. The van der Waals surface area contributed by atoms with Gasteiger partial charge in [-0.05, 0) is 0 Å². The lowest BCUT2D eigenvalue weighted by molar-refractivity contribution is 0.308. The molecule has 0 fully saturated rings. The van der Waals surface area contributed by atoms with Gasteiger partial charge in [0.2, 0.25) is 0 Å². The van der Waals surface area contributed by atoms with Gasteiger partial charge < -0.3 is 9.47 Å². The van der Waals surface area contributed by atoms with Crippen LogP contribution in [0.25, 0.3) is 0 Å². The Balaban J connectivity index is 2.25. The zero-order valence-electron chi connectivity index (χ0n) is 6.18. The van der Waals surface area contributed by atoms with Crippen LogP contribution in [0.5, 0.6) is 0 Å². The Kier molecular flexibility index (Phi) is 1.74. The van der Waals surface area contributed by atoms with Crippen molar-refractivity contribution in [2.45, 2.75) is 0 Å². The molecule has 0 radical (unpaired) electrons. The number of ether oxygens (including phenoxy) is 2. The lowest BCUT2D eigenvalue weighted by Gasteiger charge is -2.09. The van der Waals surface area contributed by atoms with Gasteiger partial charge in [0.25, 0.3) is 0 Å². The van der Waals surface area contributed by atoms with Crippen LogP contribution in [0.3, 0.4) is 0 Å². The summed E-state index contributed by atoms with van der Waals surface area (Å²) in [4.78, 5) is 7.76. The van der Waals surface area contributed by atoms with Crippen LogP contribution < -0.4 is 0 Å². The normalized spacial score (nSPS) is 25.3. The molecular formula is C8H6N2O2. The first-order valence-electron chi connectivity index (χ1n) is 3.41. The van der Waals surface area contributed by atoms with Gasteiger partial charge in [-0.2, -0.15) is 0 Å². The predicted molar refractivity (Wildman–Crippen MR) is 44.5 cm³/mol. The minimum Gasteiger partial charge on any atom is -0.458 e. The van der Waals surface area contributed by atoms with Crippen LogP contribution in [0.1, 0.15) is 0 Å². The van der Waals surface area contributed by atoms with Crippen LogP contribution in [0.4, 0.5) is 0 Å². The number of aliphatic imine (C=N–C) groups is 2. The standard InChI is InChI=1S/C8H6N2O2/c1-3-11-7(5-9-1)8-6-10-2-4-12-8/h1-6H. The molecule has 0 unspecified atom stereocenters. The zero-order valence-corrected chi connectivity index (χ0v) is 6.18. The molecule has 4 heteroatoms. The van der Waals surface area contributed by atoms with Gasteiger partial charge in [-0.1, -0.05) is 0 Å². The maximum Gasteiger partial charge on any atom is 0.188 e. The van der Waals surface area contributed by atoms with Gasteiger partial charge in [0.05, 0.1) is 24.8 Å². The topological polar surface area (TPSA) is 43.2 Å². The molecule has 2 heterocycles. The molecule has 0 aromatic rings. The number of hydrogen-bond donors (Lipinski definition) is 0. The Morgan fingerprint density at radius 3 is 1.67 bits per heavy atom. The van der Waals surface area contributed by atoms with E-state index in [2.05, 4.69) is 9.98 Å². The van der Waals surface area contributed by atoms with Crippen LogP contribution in [0.15, 0.2) is 46.4 Å². The third kappa shape index (κ3) is 1.27. The Labute approximate surface area is 69.2 Å². The van der Waals surface area contributed by atoms with Gasteiger partial charge in [0, 0.05) is 0 Å². The molecular weight excluding hydrogens is 156 g/mol. The first-order chi connectivity index (χ1) is 5.97. The van der Waals surface area contributed by atoms with Crippen molar-refractivity contribution in [2.24, 2.45) is 9.98 Å². The second kappa shape index (κ2) is 3.04. The van der Waals surface area contributed by atoms with E-state index in [9.17, 15) is 0 Å². The molecule has 0 N–H and O–H groups in total. The van der Waals surface area contributed by atoms with Crippen molar-refractivity contribution in [1.29, 1.82) is 0 Å². The van der Waals surface area contributed by atoms with E-state index < -0.39 is 0 Å². The predicted octanol–water partition coefficient (Wildman–Crippen LogP) is 1.34. The summed E-state index contributed by atoms with van der Waals surface area (Å²) in [5.74, 6) is 1.12. The highest BCUT2D eigenvalue weighted by Crippen LogP contribution is 2.10. The second-order valence-electron chi connectivity index (χ2n) is 2.09. The fraction of sp³-hybridized carbons (Fsp3) is 0. The van der Waals surface area contributed by atoms with E-state index in [0.29, 0.717) is 11.5 Å². The molecule has 0 aromatic heterocycles. The van der Waals surface area contributed by atoms with Gasteiger partial charge in [0.1, 0.15) is 12.5 Å². The van der Waals surface area contributed by atoms with Crippen LogP contribution in [0.2, 0.25) is 0 Å². The van der Waals surface area contributed by atoms with Crippen molar-refractivity contribution >= 4 is 12.4 Å². The molecule has 4 nitrogen and oxygen atoms in total. The van der Waals surface area contributed by atoms with E-state index >= 15 is 0 Å². The van der Waals surface area contributed by atoms with Crippen molar-refractivity contribution in [3.8, 4) is 0 Å². The minimum atomic E-state index is 0.561. The summed E-state index contributed by atoms with van der Waals surface area (Å²) in [6.45, 7) is 0. The van der Waals surface area contributed by atoms with E-state index in [0.717, 1.165) is 0 Å². The molecule has 0 aliphatic carbocycles. The second-order valence-corrected chi connectivity index (χ2v) is 2.09. The molecule has 2 aliphatic heterocycles. The molecule has 60 valence electrons. The van der Waals surface area contributed by atoms with Crippen molar-refractivity contribution < 1.29 is 9.47 Å². The van der Waals surface area contributed by atoms with Crippen LogP contribution in [-0.2, 0) is 9.47 Å². The molecule has 2 aliphatic rings. The number of nitrogens with zero attached hydrogens (tertiary/aromatic N) is 2. The monoisotopic (exact) mass is 162 g/mol. The van der Waals surface area contributed by atoms with E-state index in [1.54, 1.807) is 24.8 Å². The molecule has 0 saturated heterocycles. The van der Waals surface area contributed by atoms with Crippen molar-refractivity contribution in [3.05, 3.63) is 36.4 Å². The summed E-state index contributed by atoms with van der Waals surface area (Å²) in [5, 5.41) is 0. The fourth-order valence-electron chi connectivity index (χ4n) is 0.803. The summed E-state index contributed by atoms with van der Waals surface area (Å²) < 4.78 is 10.2. The largest absolute Gasteiger partial charge is 0.458 e. The molecule has 0 spiro atoms. The van der Waals surface area contributed by atoms with Crippen molar-refractivity contribution in [2.75, 3.05) is 0 Å². The Bertz CT molecular complexity index is 292. The van der Waals surface area contributed by atoms with E-state index in [4.69, 9.17) is 9.47 Å². The summed E-state index contributed by atoms with van der Waals surface area (Å²) in [5.41, 5.74) is 0. The smallest absolute Gasteiger partial charge is 0.188 e. The molecule has 0 aromatic carbocycles. The molecule has 0 saturated carbocycles. The molecule has 0 amide bonds. The van der Waals surface area contributed by atoms with Gasteiger partial charge in [-0.25, -0.2) is 0 Å². The number of rotatable bonds is 0. The van der Waals surface area contributed by atoms with Crippen LogP contribution in [0, 0.1) is 0 Å². The van der Waals surface area contributed by atoms with Gasteiger partial charge in [0.15, 0.2) is 11.5 Å². The van der Waals surface area contributed by atoms with Crippen molar-refractivity contribution in [3.63, 3.8) is 0 Å². The maximum absolute atomic E-state index is 5.12. The average molecular weight is 162 g/mol. The minimum absolute atomic E-state index is 0.561. The first kappa shape index (κ1) is 6.84. The molecule has 2 rings (SSSR count). The number of allylic oxidation sites excluding steroid dienone is 2. The van der Waals surface area contributed by atoms with E-state index in [-0.39, 0.29) is 0 Å². The van der Waals surface area contributed by atoms with E-state index in [1.807, 2.05) is 0 Å². The number of hydrogen-bond acceptors (Lipinski definition) is 4. The van der Waals surface area contributed by atoms with Gasteiger partial charge in [-0.15, -0.1) is 0 Å². The maximum atomic E-state index is 5.12. The Hall–Kier alpha value is -1.84. The van der Waals surface area contributed by atoms with Gasteiger partial charge >= 0.3 is 0 Å². The van der Waals surface area contributed by atoms with Crippen LogP contribution >= 0.6 is 0 Å². The summed E-state index contributed by atoms with van der Waals surface area (Å²) in [7, 11) is 0. The first-order valence-corrected chi connectivity index (χ1v) is 3.41. The summed E-state index contributed by atoms with van der Waals surface area (Å²) in [6.07, 6.45) is 9.22. The third-order valence-corrected chi connectivity index (χ3v) is 1.31. The van der Waals surface area contributed by atoms with Crippen LogP contribution in [-0.4, -0.2) is 12.4 Å². The quantitative estimate of drug-likeness (QED) is 0.539. The highest BCUT2D eigenvalue weighted by atomic mass is 16.5. The molecule has 12 heavy (non-hydrogen) atoms. The third-order valence-electron chi connectivity index (χ3n) is 1.31. The highest BCUT2D eigenvalue weighted by molar-refractivity contribution is 5.89. The molecule has 0 atom stereocenters. The SMILES string of the molecule is C1=COC(=C2C=NC=CO2)C=N1. The van der Waals surface area contributed by atoms with Gasteiger partial charge in [-0.3, -0.25) is 9.98 Å².